The molecule has 4 nitrogen and oxygen atoms in total. The number of alkyl halides is 1. The average Bonchev–Trinajstić information content (AvgIpc) is 2.66. The van der Waals surface area contributed by atoms with Crippen LogP contribution in [0.15, 0.2) is 18.2 Å². The van der Waals surface area contributed by atoms with Crippen LogP contribution in [0, 0.1) is 0 Å². The zero-order valence-electron chi connectivity index (χ0n) is 7.03. The molecule has 0 atom stereocenters. The van der Waals surface area contributed by atoms with Gasteiger partial charge in [-0.1, -0.05) is 0 Å². The number of carbonyl (C=O) groups is 1. The van der Waals surface area contributed by atoms with Crippen LogP contribution in [0.25, 0.3) is 11.0 Å². The zero-order chi connectivity index (χ0) is 9.97. The van der Waals surface area contributed by atoms with Gasteiger partial charge in [0.05, 0.1) is 0 Å². The molecule has 14 heavy (non-hydrogen) atoms. The van der Waals surface area contributed by atoms with Crippen molar-refractivity contribution in [3.05, 3.63) is 18.2 Å². The number of benzene rings is 1. The molecule has 0 bridgehead atoms. The first-order chi connectivity index (χ1) is 6.81. The van der Waals surface area contributed by atoms with Gasteiger partial charge in [0.1, 0.15) is 0 Å². The molecule has 0 aliphatic heterocycles. The van der Waals surface area contributed by atoms with Gasteiger partial charge in [0, 0.05) is 0 Å². The van der Waals surface area contributed by atoms with Gasteiger partial charge in [0.2, 0.25) is 0 Å². The molecule has 0 aliphatic carbocycles. The van der Waals surface area contributed by atoms with Gasteiger partial charge in [-0.15, -0.1) is 0 Å². The molecule has 0 saturated heterocycles. The Morgan fingerprint density at radius 3 is 3.14 bits per heavy atom. The summed E-state index contributed by atoms with van der Waals surface area (Å²) in [5, 5.41) is 2.68. The molecule has 1 aromatic carbocycles. The number of carbonyl (C=O) groups excluding carboxylic acids is 1. The van der Waals surface area contributed by atoms with Gasteiger partial charge in [-0.05, 0) is 0 Å². The van der Waals surface area contributed by atoms with Crippen LogP contribution in [0.3, 0.4) is 0 Å². The molecule has 72 valence electrons. The van der Waals surface area contributed by atoms with Crippen molar-refractivity contribution in [2.45, 2.75) is 0 Å². The van der Waals surface area contributed by atoms with E-state index in [1.54, 1.807) is 6.07 Å². The van der Waals surface area contributed by atoms with Gasteiger partial charge in [0.15, 0.2) is 0 Å². The molecule has 2 aromatic rings. The predicted octanol–water partition coefficient (Wildman–Crippen LogP) is 0.864. The number of nitrogens with zero attached hydrogens (tertiary/aromatic N) is 2. The maximum absolute atomic E-state index is 11.1. The topological polar surface area (TPSA) is 54.9 Å². The van der Waals surface area contributed by atoms with Crippen LogP contribution in [0.2, 0.25) is 0 Å². The first kappa shape index (κ1) is 9.65. The van der Waals surface area contributed by atoms with Crippen LogP contribution < -0.4 is 5.32 Å². The number of hydrogen-bond acceptors (Lipinski definition) is 3. The Bertz CT molecular complexity index is 470. The molecule has 1 amide bonds. The van der Waals surface area contributed by atoms with Gasteiger partial charge in [-0.3, -0.25) is 0 Å². The summed E-state index contributed by atoms with van der Waals surface area (Å²) in [7, 11) is 0. The Hall–Kier alpha value is -0.901. The zero-order valence-corrected chi connectivity index (χ0v) is 9.50. The number of hydrogen-bond donors (Lipinski definition) is 1. The van der Waals surface area contributed by atoms with Crippen molar-refractivity contribution < 1.29 is 4.79 Å². The third-order valence-electron chi connectivity index (χ3n) is 1.68. The first-order valence-corrected chi connectivity index (χ1v) is 5.95. The van der Waals surface area contributed by atoms with Crippen LogP contribution in [0.4, 0.5) is 5.69 Å². The fraction of sp³-hybridized carbons (Fsp3) is 0.125. The van der Waals surface area contributed by atoms with E-state index in [1.165, 1.54) is 0 Å². The van der Waals surface area contributed by atoms with Gasteiger partial charge in [-0.2, -0.15) is 0 Å². The van der Waals surface area contributed by atoms with Gasteiger partial charge >= 0.3 is 91.3 Å². The van der Waals surface area contributed by atoms with E-state index >= 15 is 0 Å². The van der Waals surface area contributed by atoms with Gasteiger partial charge in [0.25, 0.3) is 0 Å². The molecular formula is C8H6ClN3OSe. The average molecular weight is 275 g/mol. The number of anilines is 1. The summed E-state index contributed by atoms with van der Waals surface area (Å²) in [4.78, 5) is 11.1. The van der Waals surface area contributed by atoms with E-state index in [0.29, 0.717) is 5.69 Å². The summed E-state index contributed by atoms with van der Waals surface area (Å²) >= 11 is 5.31. The van der Waals surface area contributed by atoms with E-state index in [-0.39, 0.29) is 26.7 Å². The molecule has 0 spiro atoms. The minimum absolute atomic E-state index is 0.0496. The van der Waals surface area contributed by atoms with Gasteiger partial charge < -0.3 is 0 Å². The molecule has 2 rings (SSSR count). The predicted molar refractivity (Wildman–Crippen MR) is 55.8 cm³/mol. The molecule has 6 heteroatoms. The summed E-state index contributed by atoms with van der Waals surface area (Å²) in [6, 6.07) is 5.51. The third-order valence-corrected chi connectivity index (χ3v) is 3.06. The summed E-state index contributed by atoms with van der Waals surface area (Å²) in [5.74, 6) is -0.277. The van der Waals surface area contributed by atoms with Crippen molar-refractivity contribution >= 4 is 49.2 Å². The van der Waals surface area contributed by atoms with E-state index in [0.717, 1.165) is 11.0 Å². The fourth-order valence-corrected chi connectivity index (χ4v) is 2.31. The molecule has 1 aromatic heterocycles. The molecule has 0 unspecified atom stereocenters. The Balaban J connectivity index is 2.41. The summed E-state index contributed by atoms with van der Waals surface area (Å²) in [5.41, 5.74) is 2.31. The van der Waals surface area contributed by atoms with Crippen LogP contribution in [0.1, 0.15) is 0 Å². The monoisotopic (exact) mass is 275 g/mol. The fourth-order valence-electron chi connectivity index (χ4n) is 1.09. The normalized spacial score (nSPS) is 10.4. The molecule has 0 radical (unpaired) electrons. The summed E-state index contributed by atoms with van der Waals surface area (Å²) in [6.45, 7) is 0. The summed E-state index contributed by atoms with van der Waals surface area (Å²) in [6.07, 6.45) is 0. The molecule has 1 heterocycles. The van der Waals surface area contributed by atoms with Crippen molar-refractivity contribution in [1.29, 1.82) is 0 Å². The molecule has 1 N–H and O–H groups in total. The number of fused-ring (bicyclic) bond motifs is 1. The Morgan fingerprint density at radius 2 is 2.36 bits per heavy atom. The summed E-state index contributed by atoms with van der Waals surface area (Å²) < 4.78 is 8.43. The van der Waals surface area contributed by atoms with Crippen LogP contribution in [-0.2, 0) is 4.79 Å². The molecule has 0 saturated carbocycles. The minimum atomic E-state index is -0.227. The quantitative estimate of drug-likeness (QED) is 0.653. The number of nitrogens with one attached hydrogen (secondary N) is 1. The Kier molecular flexibility index (Phi) is 2.82. The van der Waals surface area contributed by atoms with E-state index in [2.05, 4.69) is 13.3 Å². The van der Waals surface area contributed by atoms with Crippen molar-refractivity contribution in [3.8, 4) is 0 Å². The van der Waals surface area contributed by atoms with Crippen molar-refractivity contribution in [2.75, 3.05) is 11.2 Å². The first-order valence-electron chi connectivity index (χ1n) is 3.88. The van der Waals surface area contributed by atoms with Crippen molar-refractivity contribution in [2.24, 2.45) is 0 Å². The number of aromatic nitrogens is 2. The number of rotatable bonds is 2. The van der Waals surface area contributed by atoms with Gasteiger partial charge in [-0.25, -0.2) is 0 Å². The van der Waals surface area contributed by atoms with E-state index in [4.69, 9.17) is 11.6 Å². The Morgan fingerprint density at radius 1 is 1.50 bits per heavy atom. The second-order valence-corrected chi connectivity index (χ2v) is 4.00. The Labute approximate surface area is 91.5 Å². The van der Waals surface area contributed by atoms with Crippen LogP contribution in [0.5, 0.6) is 0 Å². The molecule has 0 fully saturated rings. The van der Waals surface area contributed by atoms with Crippen LogP contribution in [-0.4, -0.2) is 34.7 Å². The van der Waals surface area contributed by atoms with Crippen molar-refractivity contribution in [3.63, 3.8) is 0 Å². The van der Waals surface area contributed by atoms with E-state index < -0.39 is 0 Å². The number of halogens is 1. The maximum atomic E-state index is 11.1. The molecule has 0 aliphatic rings. The third kappa shape index (κ3) is 1.80. The SMILES string of the molecule is O=C(CCl)Nc1cccc2n[se]nc12. The number of amides is 1. The van der Waals surface area contributed by atoms with Crippen LogP contribution >= 0.6 is 11.6 Å². The van der Waals surface area contributed by atoms with E-state index in [1.807, 2.05) is 12.1 Å². The second-order valence-electron chi connectivity index (χ2n) is 2.62. The molecular weight excluding hydrogens is 269 g/mol. The standard InChI is InChI=1S/C8H6ClN3OSe/c9-4-7(13)10-5-2-1-3-6-8(5)12-14-11-6/h1-3H,4H2,(H,10,13). The van der Waals surface area contributed by atoms with E-state index in [9.17, 15) is 4.79 Å². The second kappa shape index (κ2) is 4.09. The van der Waals surface area contributed by atoms with Crippen molar-refractivity contribution in [1.82, 2.24) is 7.96 Å².